The van der Waals surface area contributed by atoms with E-state index in [0.717, 1.165) is 0 Å². The van der Waals surface area contributed by atoms with Crippen LogP contribution in [0.3, 0.4) is 0 Å². The van der Waals surface area contributed by atoms with E-state index in [2.05, 4.69) is 0 Å². The van der Waals surface area contributed by atoms with E-state index in [1.165, 1.54) is 0 Å². The van der Waals surface area contributed by atoms with E-state index >= 15 is 0 Å². The second kappa shape index (κ2) is 28.9. The summed E-state index contributed by atoms with van der Waals surface area (Å²) in [5.41, 5.74) is 0. The van der Waals surface area contributed by atoms with Crippen LogP contribution in [-0.4, -0.2) is 384 Å². The van der Waals surface area contributed by atoms with Crippen molar-refractivity contribution in [1.82, 2.24) is 0 Å². The maximum atomic E-state index is 11.7. The Morgan fingerprint density at radius 2 is 0.500 bits per heavy atom. The van der Waals surface area contributed by atoms with Crippen molar-refractivity contribution in [3.63, 3.8) is 0 Å². The molecule has 458 valence electrons. The molecule has 0 unspecified atom stereocenters. The Morgan fingerprint density at radius 3 is 0.756 bits per heavy atom. The van der Waals surface area contributed by atoms with Crippen molar-refractivity contribution in [1.29, 1.82) is 0 Å². The Balaban J connectivity index is 1.19. The van der Waals surface area contributed by atoms with Crippen molar-refractivity contribution < 1.29 is 179 Å². The molecule has 36 nitrogen and oxygen atoms in total. The number of ether oxygens (including phenoxy) is 12. The highest BCUT2D eigenvalue weighted by Gasteiger charge is 2.58. The van der Waals surface area contributed by atoms with Gasteiger partial charge in [-0.05, 0) is 0 Å². The maximum absolute atomic E-state index is 11.7. The van der Waals surface area contributed by atoms with Crippen LogP contribution in [0.2, 0.25) is 0 Å². The van der Waals surface area contributed by atoms with E-state index in [0.29, 0.717) is 0 Å². The number of hydrogen-bond acceptors (Lipinski definition) is 36. The topological polar surface area (TPSA) is 596 Å². The van der Waals surface area contributed by atoms with Crippen LogP contribution in [0.4, 0.5) is 0 Å². The summed E-state index contributed by atoms with van der Waals surface area (Å²) in [5, 5.41) is 255. The van der Waals surface area contributed by atoms with Gasteiger partial charge in [0.05, 0.1) is 52.9 Å². The standard InChI is InChI=1S/C42H74O36/c43-1-9(51)17(53)31(10(52)2-44)73-38-26(62)33(20(56)12(4-46)68-38)75-40-28(64)35(22(58)14(6-48)70-40)77-42-30(66)36(23(59)16(8-50)72-42)78-41-29(65)34(21(57)15(7-49)71-41)76-39-27(63)32(19(55)13(5-47)69-39)74-37-25(61)24(60)18(54)11(3-45)67-37/h9-66H,1-8H2/t9-,10+,11-,12-,13-,14-,15-,16-,17-,18-,19-,20-,21-,22-,23-,24+,25-,26-,27-,28-,29-,30-,31-,32+,33+,34+,35+,36+,37+,38+,39+,40+,41+,42+/m1/s1. The molecule has 6 saturated heterocycles. The summed E-state index contributed by atoms with van der Waals surface area (Å²) >= 11 is 0. The Hall–Kier alpha value is -1.44. The van der Waals surface area contributed by atoms with Crippen molar-refractivity contribution in [3.8, 4) is 0 Å². The minimum absolute atomic E-state index is 0.898. The van der Waals surface area contributed by atoms with Crippen LogP contribution in [0.15, 0.2) is 0 Å². The molecule has 6 aliphatic rings. The van der Waals surface area contributed by atoms with Crippen LogP contribution in [0.25, 0.3) is 0 Å². The Labute approximate surface area is 440 Å². The highest BCUT2D eigenvalue weighted by Crippen LogP contribution is 2.37. The van der Waals surface area contributed by atoms with E-state index in [-0.39, 0.29) is 0 Å². The fourth-order valence-electron chi connectivity index (χ4n) is 9.57. The molecule has 34 atom stereocenters. The third-order valence-electron chi connectivity index (χ3n) is 14.2. The lowest BCUT2D eigenvalue weighted by atomic mass is 9.95. The SMILES string of the molecule is OC[C@@H](O)[C@@H](O)[C@H](O[C@@H]1O[C@H](CO)[C@@H](O)[C@H](O[C@@H]2O[C@H](CO)[C@@H](O)[C@H](O[C@@H]3O[C@H](CO)[C@@H](O)[C@H](O[C@@H]4O[C@H](CO)[C@@H](O)[C@H](O[C@@H]5O[C@H](CO)[C@@H](O)[C@H](O[C@@H]6O[C@H](CO)[C@@H](O)[C@H](O)[C@H]6O)[C@H]5O)[C@H]4O)[C@H]3O)[C@H]2O)[C@H]1O)[C@@H](O)CO. The van der Waals surface area contributed by atoms with Crippen molar-refractivity contribution in [2.24, 2.45) is 0 Å². The molecule has 6 aliphatic heterocycles. The molecular weight excluding hydrogens is 1080 g/mol. The molecule has 0 aromatic heterocycles. The molecule has 0 radical (unpaired) electrons. The first-order chi connectivity index (χ1) is 37.0. The normalized spacial score (nSPS) is 49.2. The zero-order valence-corrected chi connectivity index (χ0v) is 40.9. The Morgan fingerprint density at radius 1 is 0.269 bits per heavy atom. The molecule has 6 heterocycles. The highest BCUT2D eigenvalue weighted by atomic mass is 16.8. The van der Waals surface area contributed by atoms with Crippen LogP contribution in [0.1, 0.15) is 0 Å². The van der Waals surface area contributed by atoms with Gasteiger partial charge in [0.25, 0.3) is 0 Å². The quantitative estimate of drug-likeness (QED) is 0.0452. The number of hydrogen-bond donors (Lipinski definition) is 24. The van der Waals surface area contributed by atoms with Crippen LogP contribution >= 0.6 is 0 Å². The van der Waals surface area contributed by atoms with Gasteiger partial charge in [0, 0.05) is 0 Å². The molecule has 0 aliphatic carbocycles. The second-order valence-electron chi connectivity index (χ2n) is 19.3. The molecule has 6 rings (SSSR count). The molecule has 24 N–H and O–H groups in total. The van der Waals surface area contributed by atoms with Gasteiger partial charge in [0.2, 0.25) is 0 Å². The highest BCUT2D eigenvalue weighted by molar-refractivity contribution is 5.00. The summed E-state index contributed by atoms with van der Waals surface area (Å²) < 4.78 is 66.8. The summed E-state index contributed by atoms with van der Waals surface area (Å²) in [7, 11) is 0. The monoisotopic (exact) mass is 1150 g/mol. The second-order valence-corrected chi connectivity index (χ2v) is 19.3. The zero-order chi connectivity index (χ0) is 57.8. The molecule has 0 saturated carbocycles. The third kappa shape index (κ3) is 13.9. The summed E-state index contributed by atoms with van der Waals surface area (Å²) in [6.45, 7) is -8.43. The van der Waals surface area contributed by atoms with Crippen molar-refractivity contribution >= 4 is 0 Å². The zero-order valence-electron chi connectivity index (χ0n) is 40.9. The van der Waals surface area contributed by atoms with Gasteiger partial charge >= 0.3 is 0 Å². The van der Waals surface area contributed by atoms with Gasteiger partial charge in [-0.15, -0.1) is 0 Å². The molecule has 0 spiro atoms. The minimum atomic E-state index is -2.34. The molecule has 0 aromatic carbocycles. The average molecular weight is 1160 g/mol. The Bertz CT molecular complexity index is 1770. The van der Waals surface area contributed by atoms with Gasteiger partial charge in [0.1, 0.15) is 171 Å². The van der Waals surface area contributed by atoms with E-state index in [1.54, 1.807) is 0 Å². The van der Waals surface area contributed by atoms with Crippen LogP contribution in [-0.2, 0) is 56.8 Å². The number of rotatable bonds is 23. The molecule has 0 bridgehead atoms. The molecular formula is C42H74O36. The lowest BCUT2D eigenvalue weighted by molar-refractivity contribution is -0.399. The predicted molar refractivity (Wildman–Crippen MR) is 234 cm³/mol. The van der Waals surface area contributed by atoms with Gasteiger partial charge in [-0.1, -0.05) is 0 Å². The Kier molecular flexibility index (Phi) is 24.3. The average Bonchev–Trinajstić information content (AvgIpc) is 3.45. The first-order valence-corrected chi connectivity index (χ1v) is 24.6. The first-order valence-electron chi connectivity index (χ1n) is 24.6. The molecule has 0 aromatic rings. The molecule has 0 amide bonds. The van der Waals surface area contributed by atoms with Crippen molar-refractivity contribution in [2.75, 3.05) is 52.9 Å². The van der Waals surface area contributed by atoms with Crippen molar-refractivity contribution in [2.45, 2.75) is 209 Å². The number of aliphatic hydroxyl groups is 24. The molecule has 78 heavy (non-hydrogen) atoms. The smallest absolute Gasteiger partial charge is 0.187 e. The van der Waals surface area contributed by atoms with Gasteiger partial charge in [-0.25, -0.2) is 0 Å². The summed E-state index contributed by atoms with van der Waals surface area (Å²) in [4.78, 5) is 0. The van der Waals surface area contributed by atoms with Gasteiger partial charge < -0.3 is 179 Å². The van der Waals surface area contributed by atoms with E-state index in [1.807, 2.05) is 0 Å². The first kappa shape index (κ1) is 65.7. The summed E-state index contributed by atoms with van der Waals surface area (Å²) in [5.74, 6) is 0. The summed E-state index contributed by atoms with van der Waals surface area (Å²) in [6, 6.07) is 0. The van der Waals surface area contributed by atoms with E-state index < -0.39 is 262 Å². The lowest BCUT2D eigenvalue weighted by Crippen LogP contribution is -2.68. The van der Waals surface area contributed by atoms with Gasteiger partial charge in [0.15, 0.2) is 37.7 Å². The van der Waals surface area contributed by atoms with Gasteiger partial charge in [-0.3, -0.25) is 0 Å². The third-order valence-corrected chi connectivity index (χ3v) is 14.2. The fourth-order valence-corrected chi connectivity index (χ4v) is 9.57. The van der Waals surface area contributed by atoms with Crippen molar-refractivity contribution in [3.05, 3.63) is 0 Å². The van der Waals surface area contributed by atoms with Crippen LogP contribution in [0, 0.1) is 0 Å². The minimum Gasteiger partial charge on any atom is -0.394 e. The van der Waals surface area contributed by atoms with Crippen LogP contribution in [0.5, 0.6) is 0 Å². The van der Waals surface area contributed by atoms with E-state index in [4.69, 9.17) is 56.8 Å². The molecule has 6 fully saturated rings. The largest absolute Gasteiger partial charge is 0.394 e. The van der Waals surface area contributed by atoms with Crippen LogP contribution < -0.4 is 0 Å². The fraction of sp³-hybridized carbons (Fsp3) is 1.00. The summed E-state index contributed by atoms with van der Waals surface area (Å²) in [6.07, 6.45) is -69.5. The lowest BCUT2D eigenvalue weighted by Gasteiger charge is -2.50. The predicted octanol–water partition coefficient (Wildman–Crippen LogP) is -16.6. The van der Waals surface area contributed by atoms with Gasteiger partial charge in [-0.2, -0.15) is 0 Å². The number of aliphatic hydroxyl groups excluding tert-OH is 24. The maximum Gasteiger partial charge on any atom is 0.187 e. The van der Waals surface area contributed by atoms with E-state index in [9.17, 15) is 123 Å². The molecule has 36 heteroatoms.